The van der Waals surface area contributed by atoms with Gasteiger partial charge in [0.05, 0.1) is 17.3 Å². The first kappa shape index (κ1) is 20.7. The van der Waals surface area contributed by atoms with Crippen LogP contribution in [-0.4, -0.2) is 54.6 Å². The monoisotopic (exact) mass is 425 g/mol. The molecule has 0 aliphatic carbocycles. The number of nitrogens with zero attached hydrogens (tertiary/aromatic N) is 3. The molecule has 1 aromatic carbocycles. The highest BCUT2D eigenvalue weighted by Crippen LogP contribution is 2.38. The predicted octanol–water partition coefficient (Wildman–Crippen LogP) is 3.11. The normalized spacial score (nSPS) is 16.1. The van der Waals surface area contributed by atoms with E-state index in [1.807, 2.05) is 37.2 Å². The number of aromatic nitrogens is 2. The molecule has 0 saturated carbocycles. The first-order valence-electron chi connectivity index (χ1n) is 10.1. The van der Waals surface area contributed by atoms with Crippen LogP contribution in [0.5, 0.6) is 0 Å². The molecule has 3 heterocycles. The van der Waals surface area contributed by atoms with Gasteiger partial charge in [-0.1, -0.05) is 30.3 Å². The lowest BCUT2D eigenvalue weighted by Gasteiger charge is -2.34. The number of carbonyl (C=O) groups excluding carboxylic acids is 1. The summed E-state index contributed by atoms with van der Waals surface area (Å²) in [6.45, 7) is 2.16. The van der Waals surface area contributed by atoms with Crippen LogP contribution in [0.1, 0.15) is 18.7 Å². The molecule has 0 unspecified atom stereocenters. The van der Waals surface area contributed by atoms with Crippen LogP contribution in [0, 0.1) is 5.41 Å². The predicted molar refractivity (Wildman–Crippen MR) is 120 cm³/mol. The van der Waals surface area contributed by atoms with Crippen molar-refractivity contribution in [3.8, 4) is 11.1 Å². The van der Waals surface area contributed by atoms with Gasteiger partial charge in [-0.15, -0.1) is 11.3 Å². The average molecular weight is 426 g/mol. The van der Waals surface area contributed by atoms with Crippen LogP contribution in [-0.2, 0) is 16.1 Å². The minimum absolute atomic E-state index is 0.286. The Bertz CT molecular complexity index is 1030. The number of fused-ring (bicyclic) bond motifs is 1. The van der Waals surface area contributed by atoms with Crippen molar-refractivity contribution in [2.24, 2.45) is 11.1 Å². The number of anilines is 1. The number of thiophene rings is 1. The lowest BCUT2D eigenvalue weighted by Crippen LogP contribution is -2.46. The number of nitrogens with two attached hydrogens (primary N) is 1. The summed E-state index contributed by atoms with van der Waals surface area (Å²) in [7, 11) is 3.99. The number of nitrogens with one attached hydrogen (secondary N) is 1. The van der Waals surface area contributed by atoms with E-state index in [1.165, 1.54) is 0 Å². The van der Waals surface area contributed by atoms with Crippen LogP contribution in [0.3, 0.4) is 0 Å². The zero-order valence-electron chi connectivity index (χ0n) is 17.4. The summed E-state index contributed by atoms with van der Waals surface area (Å²) in [4.78, 5) is 24.9. The van der Waals surface area contributed by atoms with Crippen LogP contribution in [0.2, 0.25) is 0 Å². The molecule has 0 spiro atoms. The lowest BCUT2D eigenvalue weighted by molar-refractivity contribution is -0.132. The second-order valence-corrected chi connectivity index (χ2v) is 8.89. The van der Waals surface area contributed by atoms with Crippen molar-refractivity contribution in [2.75, 3.05) is 39.2 Å². The number of ether oxygens (including phenoxy) is 1. The molecule has 3 aromatic rings. The van der Waals surface area contributed by atoms with Crippen LogP contribution in [0.4, 0.5) is 5.82 Å². The zero-order chi connectivity index (χ0) is 21.1. The second kappa shape index (κ2) is 8.67. The van der Waals surface area contributed by atoms with E-state index < -0.39 is 5.41 Å². The highest BCUT2D eigenvalue weighted by Gasteiger charge is 2.38. The largest absolute Gasteiger partial charge is 0.381 e. The third-order valence-corrected chi connectivity index (χ3v) is 6.46. The molecule has 1 fully saturated rings. The van der Waals surface area contributed by atoms with Crippen molar-refractivity contribution in [2.45, 2.75) is 19.4 Å². The summed E-state index contributed by atoms with van der Waals surface area (Å²) >= 11 is 1.61. The molecule has 158 valence electrons. The number of benzene rings is 1. The van der Waals surface area contributed by atoms with E-state index >= 15 is 0 Å². The molecule has 0 bridgehead atoms. The van der Waals surface area contributed by atoms with Gasteiger partial charge in [-0.05, 0) is 32.5 Å². The maximum Gasteiger partial charge on any atom is 0.225 e. The van der Waals surface area contributed by atoms with Gasteiger partial charge < -0.3 is 20.7 Å². The molecule has 1 amide bonds. The average Bonchev–Trinajstić information content (AvgIpc) is 3.17. The topological polar surface area (TPSA) is 93.4 Å². The van der Waals surface area contributed by atoms with Crippen molar-refractivity contribution in [1.29, 1.82) is 0 Å². The van der Waals surface area contributed by atoms with Crippen molar-refractivity contribution in [3.63, 3.8) is 0 Å². The Balaban J connectivity index is 1.75. The standard InChI is InChI=1S/C22H27N5O2S/c1-27(2)12-17-25-19(24-14-22(21(23)28)8-10-29-11-9-22)18-16(13-30-20(18)26-17)15-6-4-3-5-7-15/h3-7,13H,8-12,14H2,1-2H3,(H2,23,28)(H,24,25,26). The van der Waals surface area contributed by atoms with E-state index in [1.54, 1.807) is 11.3 Å². The maximum absolute atomic E-state index is 12.3. The molecule has 1 aliphatic rings. The van der Waals surface area contributed by atoms with E-state index in [2.05, 4.69) is 22.8 Å². The first-order valence-corrected chi connectivity index (χ1v) is 11.0. The Kier molecular flexibility index (Phi) is 5.99. The third kappa shape index (κ3) is 4.16. The molecule has 1 saturated heterocycles. The second-order valence-electron chi connectivity index (χ2n) is 8.03. The third-order valence-electron chi connectivity index (χ3n) is 5.59. The van der Waals surface area contributed by atoms with E-state index in [4.69, 9.17) is 20.4 Å². The number of primary amides is 1. The summed E-state index contributed by atoms with van der Waals surface area (Å²) < 4.78 is 5.46. The Labute approximate surface area is 180 Å². The molecule has 7 nitrogen and oxygen atoms in total. The van der Waals surface area contributed by atoms with Gasteiger partial charge in [0.15, 0.2) is 0 Å². The molecule has 0 radical (unpaired) electrons. The fourth-order valence-electron chi connectivity index (χ4n) is 3.82. The van der Waals surface area contributed by atoms with Gasteiger partial charge in [0.2, 0.25) is 5.91 Å². The smallest absolute Gasteiger partial charge is 0.225 e. The minimum atomic E-state index is -0.625. The SMILES string of the molecule is CN(C)Cc1nc(NCC2(C(N)=O)CCOCC2)c2c(-c3ccccc3)csc2n1. The van der Waals surface area contributed by atoms with Gasteiger partial charge in [-0.2, -0.15) is 0 Å². The van der Waals surface area contributed by atoms with Crippen LogP contribution >= 0.6 is 11.3 Å². The number of hydrogen-bond donors (Lipinski definition) is 2. The Morgan fingerprint density at radius 1 is 1.23 bits per heavy atom. The van der Waals surface area contributed by atoms with Crippen molar-refractivity contribution < 1.29 is 9.53 Å². The fraction of sp³-hybridized carbons (Fsp3) is 0.409. The summed E-state index contributed by atoms with van der Waals surface area (Å²) in [6.07, 6.45) is 1.23. The van der Waals surface area contributed by atoms with Gasteiger partial charge >= 0.3 is 0 Å². The van der Waals surface area contributed by atoms with Gasteiger partial charge in [0.1, 0.15) is 16.5 Å². The fourth-order valence-corrected chi connectivity index (χ4v) is 4.79. The molecule has 2 aromatic heterocycles. The number of carbonyl (C=O) groups is 1. The number of amides is 1. The van der Waals surface area contributed by atoms with Crippen molar-refractivity contribution in [1.82, 2.24) is 14.9 Å². The van der Waals surface area contributed by atoms with Gasteiger partial charge in [0, 0.05) is 30.7 Å². The summed E-state index contributed by atoms with van der Waals surface area (Å²) in [6, 6.07) is 10.2. The van der Waals surface area contributed by atoms with Crippen LogP contribution in [0.25, 0.3) is 21.3 Å². The van der Waals surface area contributed by atoms with E-state index in [0.29, 0.717) is 39.1 Å². The number of hydrogen-bond acceptors (Lipinski definition) is 7. The van der Waals surface area contributed by atoms with E-state index in [-0.39, 0.29) is 5.91 Å². The van der Waals surface area contributed by atoms with Crippen molar-refractivity contribution in [3.05, 3.63) is 41.5 Å². The summed E-state index contributed by atoms with van der Waals surface area (Å²) in [5, 5.41) is 6.58. The zero-order valence-corrected chi connectivity index (χ0v) is 18.2. The first-order chi connectivity index (χ1) is 14.5. The molecule has 0 atom stereocenters. The van der Waals surface area contributed by atoms with Gasteiger partial charge in [-0.25, -0.2) is 9.97 Å². The van der Waals surface area contributed by atoms with Crippen LogP contribution < -0.4 is 11.1 Å². The highest BCUT2D eigenvalue weighted by molar-refractivity contribution is 7.17. The molecule has 4 rings (SSSR count). The molecule has 1 aliphatic heterocycles. The van der Waals surface area contributed by atoms with E-state index in [9.17, 15) is 4.79 Å². The summed E-state index contributed by atoms with van der Waals surface area (Å²) in [5.74, 6) is 1.21. The minimum Gasteiger partial charge on any atom is -0.381 e. The van der Waals surface area contributed by atoms with Crippen LogP contribution in [0.15, 0.2) is 35.7 Å². The Morgan fingerprint density at radius 3 is 2.63 bits per heavy atom. The van der Waals surface area contributed by atoms with Gasteiger partial charge in [0.25, 0.3) is 0 Å². The molecule has 8 heteroatoms. The highest BCUT2D eigenvalue weighted by atomic mass is 32.1. The molecule has 30 heavy (non-hydrogen) atoms. The maximum atomic E-state index is 12.3. The Morgan fingerprint density at radius 2 is 1.97 bits per heavy atom. The van der Waals surface area contributed by atoms with E-state index in [0.717, 1.165) is 33.0 Å². The summed E-state index contributed by atoms with van der Waals surface area (Å²) in [5.41, 5.74) is 7.39. The Hall–Kier alpha value is -2.55. The molecular formula is C22H27N5O2S. The molecule has 3 N–H and O–H groups in total. The quantitative estimate of drug-likeness (QED) is 0.604. The van der Waals surface area contributed by atoms with Crippen molar-refractivity contribution >= 4 is 33.3 Å². The van der Waals surface area contributed by atoms with Gasteiger partial charge in [-0.3, -0.25) is 4.79 Å². The molecular weight excluding hydrogens is 398 g/mol. The number of rotatable bonds is 7. The lowest BCUT2D eigenvalue weighted by atomic mass is 9.79.